The number of nitrogens with two attached hydrogens (primary N) is 1. The Morgan fingerprint density at radius 1 is 1.47 bits per heavy atom. The summed E-state index contributed by atoms with van der Waals surface area (Å²) in [4.78, 5) is 14.5. The van der Waals surface area contributed by atoms with Crippen LogP contribution in [-0.2, 0) is 4.79 Å². The van der Waals surface area contributed by atoms with Crippen LogP contribution in [0.2, 0.25) is 0 Å². The standard InChI is InChI=1S/C14H19FN2OS/c15-12-5-1-2-6-13(12)19-9-7-14(18)17-8-3-4-11(17)10-16/h1-2,5-6,11H,3-4,7-10,16H2. The maximum absolute atomic E-state index is 13.4. The van der Waals surface area contributed by atoms with Gasteiger partial charge in [-0.3, -0.25) is 4.79 Å². The van der Waals surface area contributed by atoms with E-state index in [0.717, 1.165) is 19.4 Å². The molecular weight excluding hydrogens is 263 g/mol. The highest BCUT2D eigenvalue weighted by Crippen LogP contribution is 2.23. The van der Waals surface area contributed by atoms with E-state index < -0.39 is 0 Å². The molecule has 19 heavy (non-hydrogen) atoms. The monoisotopic (exact) mass is 282 g/mol. The Balaban J connectivity index is 1.80. The van der Waals surface area contributed by atoms with Gasteiger partial charge in [-0.25, -0.2) is 4.39 Å². The molecule has 0 aliphatic carbocycles. The second-order valence-corrected chi connectivity index (χ2v) is 5.78. The van der Waals surface area contributed by atoms with Gasteiger partial charge in [-0.05, 0) is 25.0 Å². The third-order valence-corrected chi connectivity index (χ3v) is 4.43. The minimum Gasteiger partial charge on any atom is -0.338 e. The van der Waals surface area contributed by atoms with E-state index in [9.17, 15) is 9.18 Å². The lowest BCUT2D eigenvalue weighted by molar-refractivity contribution is -0.131. The van der Waals surface area contributed by atoms with E-state index in [4.69, 9.17) is 5.73 Å². The molecule has 0 spiro atoms. The number of hydrogen-bond acceptors (Lipinski definition) is 3. The number of nitrogens with zero attached hydrogens (tertiary/aromatic N) is 1. The number of likely N-dealkylation sites (tertiary alicyclic amines) is 1. The third kappa shape index (κ3) is 3.70. The normalized spacial score (nSPS) is 18.8. The molecule has 1 aromatic carbocycles. The van der Waals surface area contributed by atoms with E-state index in [0.29, 0.717) is 23.6 Å². The van der Waals surface area contributed by atoms with Gasteiger partial charge in [0.1, 0.15) is 5.82 Å². The van der Waals surface area contributed by atoms with Gasteiger partial charge in [-0.1, -0.05) is 12.1 Å². The van der Waals surface area contributed by atoms with Gasteiger partial charge in [0.25, 0.3) is 0 Å². The molecule has 1 fully saturated rings. The molecule has 0 radical (unpaired) electrons. The molecule has 1 saturated heterocycles. The SMILES string of the molecule is NCC1CCCN1C(=O)CCSc1ccccc1F. The molecule has 1 atom stereocenters. The van der Waals surface area contributed by atoms with Crippen LogP contribution in [0.5, 0.6) is 0 Å². The summed E-state index contributed by atoms with van der Waals surface area (Å²) in [6, 6.07) is 6.85. The van der Waals surface area contributed by atoms with Gasteiger partial charge in [0.2, 0.25) is 5.91 Å². The number of amides is 1. The first-order chi connectivity index (χ1) is 9.22. The molecule has 1 aliphatic rings. The summed E-state index contributed by atoms with van der Waals surface area (Å²) in [5.41, 5.74) is 5.65. The molecule has 1 amide bonds. The van der Waals surface area contributed by atoms with Crippen molar-refractivity contribution < 1.29 is 9.18 Å². The molecule has 5 heteroatoms. The number of rotatable bonds is 5. The molecule has 2 rings (SSSR count). The molecule has 1 heterocycles. The number of carbonyl (C=O) groups is 1. The molecule has 2 N–H and O–H groups in total. The van der Waals surface area contributed by atoms with Crippen LogP contribution in [0.4, 0.5) is 4.39 Å². The van der Waals surface area contributed by atoms with Crippen molar-refractivity contribution in [3.8, 4) is 0 Å². The fourth-order valence-electron chi connectivity index (χ4n) is 2.36. The summed E-state index contributed by atoms with van der Waals surface area (Å²) in [6.07, 6.45) is 2.48. The average molecular weight is 282 g/mol. The molecule has 104 valence electrons. The first-order valence-corrected chi connectivity index (χ1v) is 7.58. The van der Waals surface area contributed by atoms with E-state index >= 15 is 0 Å². The topological polar surface area (TPSA) is 46.3 Å². The first-order valence-electron chi connectivity index (χ1n) is 6.59. The maximum Gasteiger partial charge on any atom is 0.223 e. The van der Waals surface area contributed by atoms with Crippen molar-refractivity contribution in [2.24, 2.45) is 5.73 Å². The molecule has 0 aromatic heterocycles. The number of benzene rings is 1. The zero-order chi connectivity index (χ0) is 13.7. The van der Waals surface area contributed by atoms with Crippen molar-refractivity contribution in [1.82, 2.24) is 4.90 Å². The molecule has 3 nitrogen and oxygen atoms in total. The van der Waals surface area contributed by atoms with Gasteiger partial charge in [0.05, 0.1) is 0 Å². The minimum absolute atomic E-state index is 0.136. The first kappa shape index (κ1) is 14.3. The van der Waals surface area contributed by atoms with Crippen molar-refractivity contribution >= 4 is 17.7 Å². The van der Waals surface area contributed by atoms with Crippen molar-refractivity contribution in [2.75, 3.05) is 18.8 Å². The number of carbonyl (C=O) groups excluding carboxylic acids is 1. The zero-order valence-electron chi connectivity index (χ0n) is 10.8. The second kappa shape index (κ2) is 6.91. The molecule has 1 unspecified atom stereocenters. The Morgan fingerprint density at radius 2 is 2.26 bits per heavy atom. The summed E-state index contributed by atoms with van der Waals surface area (Å²) >= 11 is 1.39. The third-order valence-electron chi connectivity index (χ3n) is 3.38. The van der Waals surface area contributed by atoms with Crippen LogP contribution in [0.15, 0.2) is 29.2 Å². The minimum atomic E-state index is -0.221. The highest BCUT2D eigenvalue weighted by Gasteiger charge is 2.26. The second-order valence-electron chi connectivity index (χ2n) is 4.65. The quantitative estimate of drug-likeness (QED) is 0.843. The van der Waals surface area contributed by atoms with Gasteiger partial charge in [0.15, 0.2) is 0 Å². The van der Waals surface area contributed by atoms with Crippen molar-refractivity contribution in [3.63, 3.8) is 0 Å². The molecular formula is C14H19FN2OS. The van der Waals surface area contributed by atoms with Crippen molar-refractivity contribution in [3.05, 3.63) is 30.1 Å². The van der Waals surface area contributed by atoms with Gasteiger partial charge in [0, 0.05) is 36.2 Å². The number of thioether (sulfide) groups is 1. The summed E-state index contributed by atoms with van der Waals surface area (Å²) in [7, 11) is 0. The molecule has 1 aliphatic heterocycles. The lowest BCUT2D eigenvalue weighted by Gasteiger charge is -2.23. The average Bonchev–Trinajstić information content (AvgIpc) is 2.89. The Bertz CT molecular complexity index is 441. The van der Waals surface area contributed by atoms with Crippen LogP contribution in [0.1, 0.15) is 19.3 Å². The van der Waals surface area contributed by atoms with Crippen LogP contribution >= 0.6 is 11.8 Å². The maximum atomic E-state index is 13.4. The largest absolute Gasteiger partial charge is 0.338 e. The fraction of sp³-hybridized carbons (Fsp3) is 0.500. The summed E-state index contributed by atoms with van der Waals surface area (Å²) in [5.74, 6) is 0.519. The van der Waals surface area contributed by atoms with Crippen LogP contribution in [0.25, 0.3) is 0 Å². The van der Waals surface area contributed by atoms with E-state index in [1.165, 1.54) is 17.8 Å². The number of hydrogen-bond donors (Lipinski definition) is 1. The lowest BCUT2D eigenvalue weighted by atomic mass is 10.2. The van der Waals surface area contributed by atoms with Crippen LogP contribution in [0.3, 0.4) is 0 Å². The molecule has 1 aromatic rings. The van der Waals surface area contributed by atoms with E-state index in [2.05, 4.69) is 0 Å². The molecule has 0 saturated carbocycles. The van der Waals surface area contributed by atoms with Gasteiger partial charge in [-0.15, -0.1) is 11.8 Å². The van der Waals surface area contributed by atoms with E-state index in [-0.39, 0.29) is 17.8 Å². The number of halogens is 1. The Labute approximate surface area is 117 Å². The Hall–Kier alpha value is -1.07. The lowest BCUT2D eigenvalue weighted by Crippen LogP contribution is -2.40. The highest BCUT2D eigenvalue weighted by molar-refractivity contribution is 7.99. The predicted octanol–water partition coefficient (Wildman–Crippen LogP) is 2.26. The van der Waals surface area contributed by atoms with Gasteiger partial charge < -0.3 is 10.6 Å². The summed E-state index contributed by atoms with van der Waals surface area (Å²) in [6.45, 7) is 1.34. The fourth-order valence-corrected chi connectivity index (χ4v) is 3.24. The van der Waals surface area contributed by atoms with Crippen molar-refractivity contribution in [1.29, 1.82) is 0 Å². The smallest absolute Gasteiger partial charge is 0.223 e. The summed E-state index contributed by atoms with van der Waals surface area (Å²) < 4.78 is 13.4. The van der Waals surface area contributed by atoms with Gasteiger partial charge in [-0.2, -0.15) is 0 Å². The van der Waals surface area contributed by atoms with Gasteiger partial charge >= 0.3 is 0 Å². The highest BCUT2D eigenvalue weighted by atomic mass is 32.2. The van der Waals surface area contributed by atoms with Crippen LogP contribution in [-0.4, -0.2) is 35.7 Å². The molecule has 0 bridgehead atoms. The van der Waals surface area contributed by atoms with Crippen molar-refractivity contribution in [2.45, 2.75) is 30.2 Å². The Kier molecular flexibility index (Phi) is 5.22. The van der Waals surface area contributed by atoms with Crippen LogP contribution in [0, 0.1) is 5.82 Å². The van der Waals surface area contributed by atoms with E-state index in [1.807, 2.05) is 4.90 Å². The zero-order valence-corrected chi connectivity index (χ0v) is 11.7. The van der Waals surface area contributed by atoms with E-state index in [1.54, 1.807) is 18.2 Å². The predicted molar refractivity (Wildman–Crippen MR) is 75.5 cm³/mol. The summed E-state index contributed by atoms with van der Waals surface area (Å²) in [5, 5.41) is 0. The van der Waals surface area contributed by atoms with Crippen LogP contribution < -0.4 is 5.73 Å². The Morgan fingerprint density at radius 3 is 3.00 bits per heavy atom.